The predicted molar refractivity (Wildman–Crippen MR) is 156 cm³/mol. The van der Waals surface area contributed by atoms with E-state index in [1.807, 2.05) is 33.8 Å². The minimum Gasteiger partial charge on any atom is -0.506 e. The summed E-state index contributed by atoms with van der Waals surface area (Å²) in [7, 11) is 2.90. The maximum Gasteiger partial charge on any atom is 0.419 e. The summed E-state index contributed by atoms with van der Waals surface area (Å²) < 4.78 is 37.0. The van der Waals surface area contributed by atoms with Crippen LogP contribution >= 0.6 is 0 Å². The van der Waals surface area contributed by atoms with Crippen molar-refractivity contribution < 1.29 is 32.9 Å². The molecule has 41 heavy (non-hydrogen) atoms. The van der Waals surface area contributed by atoms with Gasteiger partial charge in [0.15, 0.2) is 11.5 Å². The first-order chi connectivity index (χ1) is 19.4. The van der Waals surface area contributed by atoms with Gasteiger partial charge in [-0.25, -0.2) is 9.18 Å². The predicted octanol–water partition coefficient (Wildman–Crippen LogP) is 7.13. The Morgan fingerprint density at radius 3 is 2.46 bits per heavy atom. The highest BCUT2D eigenvalue weighted by molar-refractivity contribution is 6.00. The standard InChI is InChI=1S/C32H30FNO7/c1-17(2)7-12-21-26-23(16-25(30(21)38-6)40-31(37)34(5)19-10-8-18(33)9-11-19)39-24-15-22-20(13-14-32(3,4)41-22)28(35)27(24)29(26)36/h7-11,13-16,35H,12H2,1-6H3. The van der Waals surface area contributed by atoms with Crippen molar-refractivity contribution in [3.63, 3.8) is 0 Å². The number of carbonyl (C=O) groups is 1. The normalized spacial score (nSPS) is 13.4. The van der Waals surface area contributed by atoms with Crippen LogP contribution in [0.3, 0.4) is 0 Å². The van der Waals surface area contributed by atoms with E-state index in [4.69, 9.17) is 18.6 Å². The molecule has 0 saturated carbocycles. The third-order valence-electron chi connectivity index (χ3n) is 6.88. The highest BCUT2D eigenvalue weighted by atomic mass is 19.1. The SMILES string of the molecule is COc1c(OC(=O)N(C)c2ccc(F)cc2)cc2oc3cc4c(c(O)c3c(=O)c2c1CC=C(C)C)C=CC(C)(C)O4. The molecule has 1 N–H and O–H groups in total. The quantitative estimate of drug-likeness (QED) is 0.205. The Morgan fingerprint density at radius 2 is 1.80 bits per heavy atom. The van der Waals surface area contributed by atoms with Crippen molar-refractivity contribution in [3.8, 4) is 23.0 Å². The second-order valence-corrected chi connectivity index (χ2v) is 10.6. The molecule has 2 heterocycles. The van der Waals surface area contributed by atoms with Crippen molar-refractivity contribution in [1.82, 2.24) is 0 Å². The van der Waals surface area contributed by atoms with Gasteiger partial charge in [-0.3, -0.25) is 9.69 Å². The highest BCUT2D eigenvalue weighted by Gasteiger charge is 2.29. The van der Waals surface area contributed by atoms with E-state index in [1.54, 1.807) is 18.2 Å². The topological polar surface area (TPSA) is 98.4 Å². The minimum absolute atomic E-state index is 0.00509. The maximum atomic E-state index is 14.0. The van der Waals surface area contributed by atoms with Gasteiger partial charge in [0, 0.05) is 30.4 Å². The molecule has 0 bridgehead atoms. The molecule has 3 aromatic carbocycles. The van der Waals surface area contributed by atoms with Crippen molar-refractivity contribution in [3.05, 3.63) is 81.3 Å². The molecule has 212 valence electrons. The van der Waals surface area contributed by atoms with E-state index >= 15 is 0 Å². The lowest BCUT2D eigenvalue weighted by molar-refractivity contribution is 0.158. The minimum atomic E-state index is -0.764. The Kier molecular flexibility index (Phi) is 6.98. The number of benzene rings is 3. The summed E-state index contributed by atoms with van der Waals surface area (Å²) in [5, 5.41) is 11.4. The molecule has 1 amide bonds. The molecule has 0 fully saturated rings. The number of nitrogens with zero attached hydrogens (tertiary/aromatic N) is 1. The van der Waals surface area contributed by atoms with Crippen LogP contribution in [0.2, 0.25) is 0 Å². The molecule has 1 aromatic heterocycles. The molecule has 5 rings (SSSR count). The van der Waals surface area contributed by atoms with Gasteiger partial charge in [0.05, 0.1) is 18.1 Å². The maximum absolute atomic E-state index is 14.0. The Balaban J connectivity index is 1.72. The fourth-order valence-electron chi connectivity index (χ4n) is 4.76. The van der Waals surface area contributed by atoms with Crippen molar-refractivity contribution in [1.29, 1.82) is 0 Å². The van der Waals surface area contributed by atoms with E-state index in [2.05, 4.69) is 0 Å². The van der Waals surface area contributed by atoms with Gasteiger partial charge in [-0.05, 0) is 70.5 Å². The fraction of sp³-hybridized carbons (Fsp3) is 0.250. The number of phenolic OH excluding ortho intramolecular Hbond substituents is 1. The molecule has 1 aliphatic rings. The van der Waals surface area contributed by atoms with Gasteiger partial charge < -0.3 is 23.7 Å². The first kappa shape index (κ1) is 27.8. The van der Waals surface area contributed by atoms with Gasteiger partial charge in [-0.15, -0.1) is 0 Å². The molecule has 4 aromatic rings. The zero-order chi connectivity index (χ0) is 29.6. The number of methoxy groups -OCH3 is 1. The van der Waals surface area contributed by atoms with Crippen LogP contribution in [0.25, 0.3) is 28.0 Å². The van der Waals surface area contributed by atoms with Crippen LogP contribution in [0.4, 0.5) is 14.9 Å². The van der Waals surface area contributed by atoms with Crippen LogP contribution in [0.15, 0.2) is 63.3 Å². The molecule has 0 unspecified atom stereocenters. The Bertz CT molecular complexity index is 1810. The van der Waals surface area contributed by atoms with Gasteiger partial charge in [0.1, 0.15) is 39.5 Å². The van der Waals surface area contributed by atoms with Crippen LogP contribution < -0.4 is 24.5 Å². The molecule has 0 saturated heterocycles. The molecule has 8 nitrogen and oxygen atoms in total. The van der Waals surface area contributed by atoms with E-state index in [9.17, 15) is 19.1 Å². The summed E-state index contributed by atoms with van der Waals surface area (Å²) in [5.74, 6) is -0.111. The van der Waals surface area contributed by atoms with Crippen LogP contribution in [-0.4, -0.2) is 31.0 Å². The number of allylic oxidation sites excluding steroid dienone is 2. The number of halogens is 1. The monoisotopic (exact) mass is 559 g/mol. The number of ether oxygens (including phenoxy) is 3. The van der Waals surface area contributed by atoms with Crippen LogP contribution in [-0.2, 0) is 6.42 Å². The number of fused-ring (bicyclic) bond motifs is 3. The van der Waals surface area contributed by atoms with Gasteiger partial charge in [0.2, 0.25) is 5.43 Å². The molecular weight excluding hydrogens is 529 g/mol. The third kappa shape index (κ3) is 5.11. The lowest BCUT2D eigenvalue weighted by Crippen LogP contribution is -2.29. The summed E-state index contributed by atoms with van der Waals surface area (Å²) in [6.07, 6.45) is 4.93. The van der Waals surface area contributed by atoms with Gasteiger partial charge >= 0.3 is 6.09 Å². The van der Waals surface area contributed by atoms with E-state index in [0.29, 0.717) is 22.6 Å². The molecule has 0 aliphatic carbocycles. The number of phenols is 1. The number of hydrogen-bond acceptors (Lipinski definition) is 7. The van der Waals surface area contributed by atoms with Crippen molar-refractivity contribution in [2.45, 2.75) is 39.7 Å². The van der Waals surface area contributed by atoms with Gasteiger partial charge in [-0.2, -0.15) is 0 Å². The van der Waals surface area contributed by atoms with Crippen molar-refractivity contribution in [2.75, 3.05) is 19.1 Å². The van der Waals surface area contributed by atoms with Gasteiger partial charge in [-0.1, -0.05) is 11.6 Å². The third-order valence-corrected chi connectivity index (χ3v) is 6.88. The number of amides is 1. The Morgan fingerprint density at radius 1 is 1.12 bits per heavy atom. The number of aromatic hydroxyl groups is 1. The molecule has 1 aliphatic heterocycles. The molecular formula is C32H30FNO7. The second kappa shape index (κ2) is 10.3. The summed E-state index contributed by atoms with van der Waals surface area (Å²) in [5.41, 5.74) is 1.39. The number of rotatable bonds is 5. The van der Waals surface area contributed by atoms with E-state index in [0.717, 1.165) is 5.57 Å². The summed E-state index contributed by atoms with van der Waals surface area (Å²) in [4.78, 5) is 28.3. The summed E-state index contributed by atoms with van der Waals surface area (Å²) >= 11 is 0. The first-order valence-electron chi connectivity index (χ1n) is 13.0. The van der Waals surface area contributed by atoms with Crippen molar-refractivity contribution >= 4 is 39.8 Å². The molecule has 0 atom stereocenters. The lowest BCUT2D eigenvalue weighted by Gasteiger charge is -2.28. The number of anilines is 1. The molecule has 0 spiro atoms. The molecule has 9 heteroatoms. The zero-order valence-electron chi connectivity index (χ0n) is 23.6. The van der Waals surface area contributed by atoms with E-state index < -0.39 is 22.9 Å². The zero-order valence-corrected chi connectivity index (χ0v) is 23.6. The fourth-order valence-corrected chi connectivity index (χ4v) is 4.76. The lowest BCUT2D eigenvalue weighted by atomic mass is 9.97. The number of hydrogen-bond donors (Lipinski definition) is 1. The van der Waals surface area contributed by atoms with Crippen molar-refractivity contribution in [2.24, 2.45) is 0 Å². The smallest absolute Gasteiger partial charge is 0.419 e. The average Bonchev–Trinajstić information content (AvgIpc) is 2.90. The largest absolute Gasteiger partial charge is 0.506 e. The summed E-state index contributed by atoms with van der Waals surface area (Å²) in [6, 6.07) is 8.36. The number of carbonyl (C=O) groups excluding carboxylic acids is 1. The van der Waals surface area contributed by atoms with Gasteiger partial charge in [0.25, 0.3) is 0 Å². The Labute approximate surface area is 235 Å². The van der Waals surface area contributed by atoms with Crippen LogP contribution in [0.5, 0.6) is 23.0 Å². The first-order valence-corrected chi connectivity index (χ1v) is 13.0. The average molecular weight is 560 g/mol. The van der Waals surface area contributed by atoms with E-state index in [-0.39, 0.29) is 45.6 Å². The highest BCUT2D eigenvalue weighted by Crippen LogP contribution is 2.43. The van der Waals surface area contributed by atoms with Crippen LogP contribution in [0, 0.1) is 5.82 Å². The van der Waals surface area contributed by atoms with E-state index in [1.165, 1.54) is 49.4 Å². The second-order valence-electron chi connectivity index (χ2n) is 10.6. The van der Waals surface area contributed by atoms with Crippen LogP contribution in [0.1, 0.15) is 38.8 Å². The Hall–Kier alpha value is -4.79. The summed E-state index contributed by atoms with van der Waals surface area (Å²) in [6.45, 7) is 7.57. The molecule has 0 radical (unpaired) electrons.